The number of hydrogen-bond donors (Lipinski definition) is 1. The molecule has 94 valence electrons. The van der Waals surface area contributed by atoms with Crippen LogP contribution in [0.1, 0.15) is 25.8 Å². The Balaban J connectivity index is 1.96. The highest BCUT2D eigenvalue weighted by Crippen LogP contribution is 2.28. The molecule has 2 atom stereocenters. The zero-order valence-electron chi connectivity index (χ0n) is 10.6. The summed E-state index contributed by atoms with van der Waals surface area (Å²) in [7, 11) is 0. The molecule has 0 amide bonds. The third kappa shape index (κ3) is 2.04. The van der Waals surface area contributed by atoms with E-state index in [1.54, 1.807) is 6.20 Å². The molecule has 1 N–H and O–H groups in total. The third-order valence-corrected chi connectivity index (χ3v) is 3.70. The molecule has 4 nitrogen and oxygen atoms in total. The minimum absolute atomic E-state index is 0.483. The quantitative estimate of drug-likeness (QED) is 0.878. The van der Waals surface area contributed by atoms with Gasteiger partial charge in [0.25, 0.3) is 0 Å². The zero-order chi connectivity index (χ0) is 12.4. The highest BCUT2D eigenvalue weighted by Gasteiger charge is 2.24. The van der Waals surface area contributed by atoms with Gasteiger partial charge < -0.3 is 9.88 Å². The Bertz CT molecular complexity index is 506. The van der Waals surface area contributed by atoms with Gasteiger partial charge in [0.15, 0.2) is 0 Å². The predicted molar refractivity (Wildman–Crippen MR) is 71.2 cm³/mol. The van der Waals surface area contributed by atoms with Crippen molar-refractivity contribution in [3.63, 3.8) is 0 Å². The van der Waals surface area contributed by atoms with Gasteiger partial charge in [-0.25, -0.2) is 4.98 Å². The summed E-state index contributed by atoms with van der Waals surface area (Å²) in [6.07, 6.45) is 10.00. The highest BCUT2D eigenvalue weighted by atomic mass is 15.1. The molecule has 1 saturated heterocycles. The van der Waals surface area contributed by atoms with Crippen molar-refractivity contribution in [2.24, 2.45) is 0 Å². The van der Waals surface area contributed by atoms with Gasteiger partial charge in [0.1, 0.15) is 0 Å². The highest BCUT2D eigenvalue weighted by molar-refractivity contribution is 5.57. The molecule has 1 aliphatic heterocycles. The standard InChI is InChI=1S/C14H18N4/c1-11-13(5-3-7-17-11)18-10-16-9-14(18)12-4-2-6-15-8-12/h2,4,6,8-11,13,17H,3,5,7H2,1H3. The fraction of sp³-hybridized carbons (Fsp3) is 0.429. The predicted octanol–water partition coefficient (Wildman–Crippen LogP) is 2.26. The normalized spacial score (nSPS) is 24.1. The van der Waals surface area contributed by atoms with Crippen LogP contribution in [-0.2, 0) is 0 Å². The molecule has 0 bridgehead atoms. The summed E-state index contributed by atoms with van der Waals surface area (Å²) < 4.78 is 2.29. The van der Waals surface area contributed by atoms with Gasteiger partial charge in [-0.2, -0.15) is 0 Å². The number of pyridine rings is 1. The molecule has 1 fully saturated rings. The molecule has 0 saturated carbocycles. The second-order valence-electron chi connectivity index (χ2n) is 4.88. The van der Waals surface area contributed by atoms with E-state index in [9.17, 15) is 0 Å². The molecule has 18 heavy (non-hydrogen) atoms. The number of imidazole rings is 1. The van der Waals surface area contributed by atoms with E-state index in [2.05, 4.69) is 32.8 Å². The van der Waals surface area contributed by atoms with Crippen LogP contribution in [-0.4, -0.2) is 27.1 Å². The van der Waals surface area contributed by atoms with Gasteiger partial charge in [-0.15, -0.1) is 0 Å². The first kappa shape index (κ1) is 11.4. The number of aromatic nitrogens is 3. The zero-order valence-corrected chi connectivity index (χ0v) is 10.6. The van der Waals surface area contributed by atoms with Crippen LogP contribution in [0.4, 0.5) is 0 Å². The monoisotopic (exact) mass is 242 g/mol. The molecule has 3 rings (SSSR count). The summed E-state index contributed by atoms with van der Waals surface area (Å²) >= 11 is 0. The molecular weight excluding hydrogens is 224 g/mol. The average molecular weight is 242 g/mol. The van der Waals surface area contributed by atoms with Crippen LogP contribution in [0.3, 0.4) is 0 Å². The van der Waals surface area contributed by atoms with E-state index in [1.807, 2.05) is 24.8 Å². The first-order valence-corrected chi connectivity index (χ1v) is 6.52. The number of piperidine rings is 1. The Morgan fingerprint density at radius 2 is 2.28 bits per heavy atom. The van der Waals surface area contributed by atoms with E-state index >= 15 is 0 Å². The number of rotatable bonds is 2. The van der Waals surface area contributed by atoms with Crippen LogP contribution >= 0.6 is 0 Å². The maximum atomic E-state index is 4.32. The van der Waals surface area contributed by atoms with Gasteiger partial charge in [-0.3, -0.25) is 4.98 Å². The largest absolute Gasteiger partial charge is 0.326 e. The summed E-state index contributed by atoms with van der Waals surface area (Å²) in [5.74, 6) is 0. The molecule has 0 aliphatic carbocycles. The van der Waals surface area contributed by atoms with Crippen molar-refractivity contribution < 1.29 is 0 Å². The topological polar surface area (TPSA) is 42.7 Å². The van der Waals surface area contributed by atoms with Crippen LogP contribution in [0.2, 0.25) is 0 Å². The van der Waals surface area contributed by atoms with E-state index in [4.69, 9.17) is 0 Å². The van der Waals surface area contributed by atoms with Gasteiger partial charge in [-0.1, -0.05) is 0 Å². The number of hydrogen-bond acceptors (Lipinski definition) is 3. The molecular formula is C14H18N4. The molecule has 2 unspecified atom stereocenters. The molecule has 2 aromatic rings. The molecule has 3 heterocycles. The second kappa shape index (κ2) is 4.90. The lowest BCUT2D eigenvalue weighted by atomic mass is 9.99. The van der Waals surface area contributed by atoms with Crippen LogP contribution in [0.25, 0.3) is 11.3 Å². The van der Waals surface area contributed by atoms with Gasteiger partial charge in [0.2, 0.25) is 0 Å². The summed E-state index contributed by atoms with van der Waals surface area (Å²) in [6.45, 7) is 3.37. The Morgan fingerprint density at radius 1 is 1.33 bits per heavy atom. The fourth-order valence-electron chi connectivity index (χ4n) is 2.71. The SMILES string of the molecule is CC1NCCCC1n1cncc1-c1cccnc1. The first-order chi connectivity index (χ1) is 8.86. The molecule has 4 heteroatoms. The van der Waals surface area contributed by atoms with Crippen molar-refractivity contribution in [3.8, 4) is 11.3 Å². The van der Waals surface area contributed by atoms with Crippen molar-refractivity contribution >= 4 is 0 Å². The van der Waals surface area contributed by atoms with E-state index in [0.717, 1.165) is 17.8 Å². The van der Waals surface area contributed by atoms with Crippen molar-refractivity contribution in [2.45, 2.75) is 31.8 Å². The van der Waals surface area contributed by atoms with Crippen molar-refractivity contribution in [2.75, 3.05) is 6.54 Å². The average Bonchev–Trinajstić information content (AvgIpc) is 2.89. The minimum atomic E-state index is 0.483. The molecule has 2 aromatic heterocycles. The van der Waals surface area contributed by atoms with Crippen molar-refractivity contribution in [1.29, 1.82) is 0 Å². The molecule has 0 aromatic carbocycles. The Labute approximate surface area is 107 Å². The van der Waals surface area contributed by atoms with Crippen LogP contribution in [0, 0.1) is 0 Å². The van der Waals surface area contributed by atoms with Crippen LogP contribution in [0.5, 0.6) is 0 Å². The summed E-state index contributed by atoms with van der Waals surface area (Å²) in [4.78, 5) is 8.50. The van der Waals surface area contributed by atoms with E-state index in [1.165, 1.54) is 12.8 Å². The summed E-state index contributed by atoms with van der Waals surface area (Å²) in [5.41, 5.74) is 2.29. The maximum absolute atomic E-state index is 4.32. The lowest BCUT2D eigenvalue weighted by Crippen LogP contribution is -2.40. The number of nitrogens with one attached hydrogen (secondary N) is 1. The minimum Gasteiger partial charge on any atom is -0.326 e. The van der Waals surface area contributed by atoms with Crippen LogP contribution in [0.15, 0.2) is 37.1 Å². The van der Waals surface area contributed by atoms with E-state index in [0.29, 0.717) is 12.1 Å². The maximum Gasteiger partial charge on any atom is 0.0954 e. The van der Waals surface area contributed by atoms with Gasteiger partial charge in [0, 0.05) is 24.0 Å². The lowest BCUT2D eigenvalue weighted by Gasteiger charge is -2.32. The van der Waals surface area contributed by atoms with Gasteiger partial charge >= 0.3 is 0 Å². The smallest absolute Gasteiger partial charge is 0.0954 e. The molecule has 1 aliphatic rings. The second-order valence-corrected chi connectivity index (χ2v) is 4.88. The number of nitrogens with zero attached hydrogens (tertiary/aromatic N) is 3. The van der Waals surface area contributed by atoms with Crippen molar-refractivity contribution in [1.82, 2.24) is 19.9 Å². The Morgan fingerprint density at radius 3 is 3.06 bits per heavy atom. The van der Waals surface area contributed by atoms with Crippen molar-refractivity contribution in [3.05, 3.63) is 37.1 Å². The van der Waals surface area contributed by atoms with E-state index < -0.39 is 0 Å². The summed E-state index contributed by atoms with van der Waals surface area (Å²) in [6, 6.07) is 5.02. The van der Waals surface area contributed by atoms with E-state index in [-0.39, 0.29) is 0 Å². The molecule has 0 radical (unpaired) electrons. The Kier molecular flexibility index (Phi) is 3.11. The Hall–Kier alpha value is -1.68. The van der Waals surface area contributed by atoms with Crippen LogP contribution < -0.4 is 5.32 Å². The summed E-state index contributed by atoms with van der Waals surface area (Å²) in [5, 5.41) is 3.53. The fourth-order valence-corrected chi connectivity index (χ4v) is 2.71. The third-order valence-electron chi connectivity index (χ3n) is 3.70. The lowest BCUT2D eigenvalue weighted by molar-refractivity contribution is 0.297. The van der Waals surface area contributed by atoms with Gasteiger partial charge in [-0.05, 0) is 38.4 Å². The van der Waals surface area contributed by atoms with Gasteiger partial charge in [0.05, 0.1) is 24.3 Å². The molecule has 0 spiro atoms. The first-order valence-electron chi connectivity index (χ1n) is 6.52.